The Labute approximate surface area is 194 Å². The predicted octanol–water partition coefficient (Wildman–Crippen LogP) is 3.94. The van der Waals surface area contributed by atoms with Gasteiger partial charge in [0.15, 0.2) is 6.61 Å². The molecule has 0 atom stereocenters. The van der Waals surface area contributed by atoms with Crippen LogP contribution in [0.3, 0.4) is 0 Å². The van der Waals surface area contributed by atoms with Crippen molar-refractivity contribution in [3.63, 3.8) is 0 Å². The van der Waals surface area contributed by atoms with E-state index < -0.39 is 5.97 Å². The number of hydrogen-bond acceptors (Lipinski definition) is 5. The van der Waals surface area contributed by atoms with E-state index in [-0.39, 0.29) is 35.3 Å². The van der Waals surface area contributed by atoms with Crippen LogP contribution in [0.15, 0.2) is 29.2 Å². The highest BCUT2D eigenvalue weighted by Gasteiger charge is 2.51. The molecular weight excluding hydrogens is 424 g/mol. The standard InChI is InChI=1S/C25H34N2O4S/c1-24(2,3)26-21(28)14-31-23(30)19-6-4-5-7-20(19)32-15-22(29)27-25-11-16-8-17(12-25)10-18(9-16)13-25/h4-7,16-18H,8-15H2,1-3H3,(H,26,28)(H,27,29). The second-order valence-electron chi connectivity index (χ2n) is 10.9. The van der Waals surface area contributed by atoms with Crippen molar-refractivity contribution in [2.24, 2.45) is 17.8 Å². The number of carbonyl (C=O) groups excluding carboxylic acids is 3. The molecule has 0 heterocycles. The Balaban J connectivity index is 1.31. The second kappa shape index (κ2) is 9.08. The fourth-order valence-corrected chi connectivity index (χ4v) is 7.00. The van der Waals surface area contributed by atoms with Gasteiger partial charge in [-0.05, 0) is 89.2 Å². The van der Waals surface area contributed by atoms with Gasteiger partial charge < -0.3 is 15.4 Å². The maximum atomic E-state index is 12.8. The molecule has 0 radical (unpaired) electrons. The van der Waals surface area contributed by atoms with Gasteiger partial charge in [-0.25, -0.2) is 4.79 Å². The lowest BCUT2D eigenvalue weighted by Gasteiger charge is -2.56. The summed E-state index contributed by atoms with van der Waals surface area (Å²) in [5.74, 6) is 1.73. The zero-order valence-corrected chi connectivity index (χ0v) is 20.1. The molecule has 4 saturated carbocycles. The molecule has 1 aromatic rings. The topological polar surface area (TPSA) is 84.5 Å². The molecule has 1 aromatic carbocycles. The highest BCUT2D eigenvalue weighted by Crippen LogP contribution is 2.55. The van der Waals surface area contributed by atoms with Crippen LogP contribution in [0.25, 0.3) is 0 Å². The van der Waals surface area contributed by atoms with Crippen LogP contribution in [0.2, 0.25) is 0 Å². The summed E-state index contributed by atoms with van der Waals surface area (Å²) >= 11 is 1.34. The lowest BCUT2D eigenvalue weighted by molar-refractivity contribution is -0.126. The van der Waals surface area contributed by atoms with E-state index >= 15 is 0 Å². The number of ether oxygens (including phenoxy) is 1. The van der Waals surface area contributed by atoms with Crippen molar-refractivity contribution in [1.82, 2.24) is 10.6 Å². The summed E-state index contributed by atoms with van der Waals surface area (Å²) in [4.78, 5) is 38.0. The number of benzene rings is 1. The molecule has 2 N–H and O–H groups in total. The molecule has 5 rings (SSSR count). The summed E-state index contributed by atoms with van der Waals surface area (Å²) in [5, 5.41) is 6.14. The van der Waals surface area contributed by atoms with E-state index in [2.05, 4.69) is 10.6 Å². The average Bonchev–Trinajstić information content (AvgIpc) is 2.68. The lowest BCUT2D eigenvalue weighted by Crippen LogP contribution is -2.60. The Morgan fingerprint density at radius 2 is 1.59 bits per heavy atom. The largest absolute Gasteiger partial charge is 0.452 e. The molecule has 0 aromatic heterocycles. The number of nitrogens with one attached hydrogen (secondary N) is 2. The van der Waals surface area contributed by atoms with Gasteiger partial charge in [0.25, 0.3) is 5.91 Å². The third-order valence-electron chi connectivity index (χ3n) is 6.76. The highest BCUT2D eigenvalue weighted by molar-refractivity contribution is 8.00. The molecule has 4 bridgehead atoms. The van der Waals surface area contributed by atoms with Crippen LogP contribution in [-0.2, 0) is 14.3 Å². The van der Waals surface area contributed by atoms with E-state index in [9.17, 15) is 14.4 Å². The molecule has 6 nitrogen and oxygen atoms in total. The van der Waals surface area contributed by atoms with Gasteiger partial charge in [0, 0.05) is 16.0 Å². The summed E-state index contributed by atoms with van der Waals surface area (Å²) in [6, 6.07) is 7.07. The van der Waals surface area contributed by atoms with E-state index in [0.29, 0.717) is 10.5 Å². The summed E-state index contributed by atoms with van der Waals surface area (Å²) in [7, 11) is 0. The Hall–Kier alpha value is -2.02. The molecule has 0 saturated heterocycles. The second-order valence-corrected chi connectivity index (χ2v) is 11.9. The van der Waals surface area contributed by atoms with E-state index in [1.165, 1.54) is 31.0 Å². The zero-order chi connectivity index (χ0) is 22.9. The summed E-state index contributed by atoms with van der Waals surface area (Å²) in [6.45, 7) is 5.27. The van der Waals surface area contributed by atoms with Crippen LogP contribution in [0.4, 0.5) is 0 Å². The molecule has 4 fully saturated rings. The summed E-state index contributed by atoms with van der Waals surface area (Å²) < 4.78 is 5.21. The van der Waals surface area contributed by atoms with Gasteiger partial charge in [-0.15, -0.1) is 11.8 Å². The normalized spacial score (nSPS) is 28.3. The van der Waals surface area contributed by atoms with Crippen LogP contribution >= 0.6 is 11.8 Å². The van der Waals surface area contributed by atoms with Crippen molar-refractivity contribution in [3.05, 3.63) is 29.8 Å². The maximum absolute atomic E-state index is 12.8. The Morgan fingerprint density at radius 1 is 1.00 bits per heavy atom. The average molecular weight is 459 g/mol. The van der Waals surface area contributed by atoms with Crippen LogP contribution in [0.1, 0.15) is 69.7 Å². The van der Waals surface area contributed by atoms with E-state index in [0.717, 1.165) is 37.0 Å². The minimum absolute atomic E-state index is 0.00867. The van der Waals surface area contributed by atoms with Gasteiger partial charge in [-0.1, -0.05) is 12.1 Å². The molecule has 0 aliphatic heterocycles. The first-order valence-electron chi connectivity index (χ1n) is 11.6. The molecule has 0 spiro atoms. The molecule has 2 amide bonds. The predicted molar refractivity (Wildman–Crippen MR) is 124 cm³/mol. The van der Waals surface area contributed by atoms with Gasteiger partial charge in [-0.2, -0.15) is 0 Å². The fraction of sp³-hybridized carbons (Fsp3) is 0.640. The highest BCUT2D eigenvalue weighted by atomic mass is 32.2. The van der Waals surface area contributed by atoms with Crippen molar-refractivity contribution < 1.29 is 19.1 Å². The molecule has 32 heavy (non-hydrogen) atoms. The van der Waals surface area contributed by atoms with Crippen molar-refractivity contribution in [2.75, 3.05) is 12.4 Å². The Bertz CT molecular complexity index is 857. The molecule has 7 heteroatoms. The van der Waals surface area contributed by atoms with Crippen LogP contribution in [-0.4, -0.2) is 41.2 Å². The quantitative estimate of drug-likeness (QED) is 0.478. The number of esters is 1. The van der Waals surface area contributed by atoms with E-state index in [1.54, 1.807) is 12.1 Å². The summed E-state index contributed by atoms with van der Waals surface area (Å²) in [6.07, 6.45) is 7.38. The van der Waals surface area contributed by atoms with E-state index in [1.807, 2.05) is 32.9 Å². The third kappa shape index (κ3) is 5.66. The molecular formula is C25H34N2O4S. The first-order chi connectivity index (χ1) is 15.1. The first kappa shape index (κ1) is 23.1. The van der Waals surface area contributed by atoms with Gasteiger partial charge >= 0.3 is 5.97 Å². The van der Waals surface area contributed by atoms with Crippen LogP contribution in [0.5, 0.6) is 0 Å². The SMILES string of the molecule is CC(C)(C)NC(=O)COC(=O)c1ccccc1SCC(=O)NC12CC3CC(CC(C3)C1)C2. The minimum atomic E-state index is -0.557. The van der Waals surface area contributed by atoms with Crippen LogP contribution in [0, 0.1) is 17.8 Å². The van der Waals surface area contributed by atoms with Gasteiger partial charge in [0.05, 0.1) is 11.3 Å². The minimum Gasteiger partial charge on any atom is -0.452 e. The zero-order valence-electron chi connectivity index (χ0n) is 19.2. The Kier molecular flexibility index (Phi) is 6.57. The fourth-order valence-electron chi connectivity index (χ4n) is 6.16. The van der Waals surface area contributed by atoms with Crippen LogP contribution < -0.4 is 10.6 Å². The number of thioether (sulfide) groups is 1. The smallest absolute Gasteiger partial charge is 0.339 e. The van der Waals surface area contributed by atoms with Crippen molar-refractivity contribution >= 4 is 29.5 Å². The van der Waals surface area contributed by atoms with Crippen molar-refractivity contribution in [2.45, 2.75) is 75.3 Å². The number of amides is 2. The van der Waals surface area contributed by atoms with Gasteiger partial charge in [-0.3, -0.25) is 9.59 Å². The lowest BCUT2D eigenvalue weighted by atomic mass is 9.53. The van der Waals surface area contributed by atoms with Crippen molar-refractivity contribution in [3.8, 4) is 0 Å². The van der Waals surface area contributed by atoms with Crippen molar-refractivity contribution in [1.29, 1.82) is 0 Å². The number of hydrogen-bond donors (Lipinski definition) is 2. The first-order valence-corrected chi connectivity index (χ1v) is 12.6. The Morgan fingerprint density at radius 3 is 2.19 bits per heavy atom. The van der Waals surface area contributed by atoms with E-state index in [4.69, 9.17) is 4.74 Å². The monoisotopic (exact) mass is 458 g/mol. The maximum Gasteiger partial charge on any atom is 0.339 e. The molecule has 0 unspecified atom stereocenters. The summed E-state index contributed by atoms with van der Waals surface area (Å²) in [5.41, 5.74) is -0.0179. The molecule has 4 aliphatic carbocycles. The third-order valence-corrected chi connectivity index (χ3v) is 7.83. The van der Waals surface area contributed by atoms with Gasteiger partial charge in [0.2, 0.25) is 5.91 Å². The van der Waals surface area contributed by atoms with Gasteiger partial charge in [0.1, 0.15) is 0 Å². The number of rotatable bonds is 7. The number of carbonyl (C=O) groups is 3. The molecule has 4 aliphatic rings. The molecule has 174 valence electrons.